The highest BCUT2D eigenvalue weighted by atomic mass is 16.7. The largest absolute Gasteiger partial charge is 0.394 e. The van der Waals surface area contributed by atoms with Gasteiger partial charge in [0.25, 0.3) is 0 Å². The summed E-state index contributed by atoms with van der Waals surface area (Å²) in [5.41, 5.74) is 0. The molecule has 11 nitrogen and oxygen atoms in total. The minimum Gasteiger partial charge on any atom is -0.394 e. The van der Waals surface area contributed by atoms with E-state index in [1.807, 2.05) is 0 Å². The van der Waals surface area contributed by atoms with Crippen LogP contribution >= 0.6 is 0 Å². The topological polar surface area (TPSA) is 189 Å². The van der Waals surface area contributed by atoms with Gasteiger partial charge in [0.05, 0.1) is 25.4 Å². The molecular weight excluding hydrogens is 895 g/mol. The van der Waals surface area contributed by atoms with Crippen LogP contribution in [0.2, 0.25) is 0 Å². The van der Waals surface area contributed by atoms with E-state index in [-0.39, 0.29) is 12.8 Å². The zero-order valence-corrected chi connectivity index (χ0v) is 45.7. The van der Waals surface area contributed by atoms with Gasteiger partial charge in [-0.1, -0.05) is 230 Å². The first-order chi connectivity index (χ1) is 34.7. The molecule has 0 radical (unpaired) electrons. The Hall–Kier alpha value is -1.67. The number of carbonyl (C=O) groups is 1. The Morgan fingerprint density at radius 3 is 1.25 bits per heavy atom. The van der Waals surface area contributed by atoms with Crippen molar-refractivity contribution in [2.45, 2.75) is 326 Å². The summed E-state index contributed by atoms with van der Waals surface area (Å²) >= 11 is 0. The first-order valence-electron chi connectivity index (χ1n) is 29.9. The summed E-state index contributed by atoms with van der Waals surface area (Å²) in [5.74, 6) is -0.726. The fourth-order valence-corrected chi connectivity index (χ4v) is 9.51. The molecule has 0 aromatic carbocycles. The number of rotatable bonds is 51. The maximum atomic E-state index is 13.1. The molecule has 1 fully saturated rings. The Bertz CT molecular complexity index is 1250. The lowest BCUT2D eigenvalue weighted by Crippen LogP contribution is -2.60. The van der Waals surface area contributed by atoms with Crippen molar-refractivity contribution in [1.29, 1.82) is 0 Å². The third-order valence-corrected chi connectivity index (χ3v) is 14.4. The van der Waals surface area contributed by atoms with Crippen LogP contribution in [-0.2, 0) is 14.3 Å². The van der Waals surface area contributed by atoms with E-state index < -0.39 is 74.2 Å². The number of nitrogens with one attached hydrogen (secondary N) is 1. The van der Waals surface area contributed by atoms with Gasteiger partial charge in [-0.3, -0.25) is 4.79 Å². The van der Waals surface area contributed by atoms with Gasteiger partial charge in [-0.15, -0.1) is 0 Å². The summed E-state index contributed by atoms with van der Waals surface area (Å²) in [5, 5.41) is 75.9. The molecule has 0 aromatic rings. The van der Waals surface area contributed by atoms with Crippen molar-refractivity contribution in [2.75, 3.05) is 13.2 Å². The molecule has 1 rings (SSSR count). The highest BCUT2D eigenvalue weighted by Gasteiger charge is 2.44. The molecular formula is C60H113NO10. The van der Waals surface area contributed by atoms with E-state index in [9.17, 15) is 40.5 Å². The van der Waals surface area contributed by atoms with Crippen molar-refractivity contribution in [3.05, 3.63) is 36.5 Å². The zero-order chi connectivity index (χ0) is 51.8. The highest BCUT2D eigenvalue weighted by Crippen LogP contribution is 2.23. The molecule has 1 aliphatic heterocycles. The number of amides is 1. The number of carbonyl (C=O) groups excluding carboxylic acids is 1. The lowest BCUT2D eigenvalue weighted by Gasteiger charge is -2.40. The first kappa shape index (κ1) is 67.3. The molecule has 9 unspecified atom stereocenters. The normalized spacial score (nSPS) is 20.4. The minimum atomic E-state index is -1.67. The lowest BCUT2D eigenvalue weighted by atomic mass is 9.98. The molecule has 0 saturated carbocycles. The summed E-state index contributed by atoms with van der Waals surface area (Å²) in [6, 6.07) is -1.20. The molecule has 1 heterocycles. The Morgan fingerprint density at radius 1 is 0.479 bits per heavy atom. The fraction of sp³-hybridized carbons (Fsp3) is 0.883. The molecule has 0 aliphatic carbocycles. The van der Waals surface area contributed by atoms with E-state index in [1.165, 1.54) is 186 Å². The van der Waals surface area contributed by atoms with Crippen molar-refractivity contribution in [3.8, 4) is 0 Å². The molecule has 9 atom stereocenters. The Balaban J connectivity index is 2.24. The summed E-state index contributed by atoms with van der Waals surface area (Å²) in [4.78, 5) is 13.1. The van der Waals surface area contributed by atoms with E-state index in [0.717, 1.165) is 38.5 Å². The summed E-state index contributed by atoms with van der Waals surface area (Å²) in [6.07, 6.45) is 49.6. The van der Waals surface area contributed by atoms with E-state index in [1.54, 1.807) is 0 Å². The highest BCUT2D eigenvalue weighted by molar-refractivity contribution is 5.80. The molecule has 0 aromatic heterocycles. The SMILES string of the molecule is CCCCCCCC/C=C\CCCCC(O)C(=O)NC(COC1OC(CO)C(O)C(O)C1O)C(O)C(O)CCC/C=C/CC/C=C/CCCCCCCCCCCCCCCCCCCCCCCCC. The van der Waals surface area contributed by atoms with Gasteiger partial charge in [-0.2, -0.15) is 0 Å². The van der Waals surface area contributed by atoms with Gasteiger partial charge in [0.15, 0.2) is 6.29 Å². The third-order valence-electron chi connectivity index (χ3n) is 14.4. The van der Waals surface area contributed by atoms with Crippen molar-refractivity contribution < 1.29 is 50.0 Å². The number of unbranched alkanes of at least 4 members (excludes halogenated alkanes) is 33. The van der Waals surface area contributed by atoms with Gasteiger partial charge in [-0.05, 0) is 77.0 Å². The van der Waals surface area contributed by atoms with Gasteiger partial charge >= 0.3 is 0 Å². The number of hydrogen-bond acceptors (Lipinski definition) is 10. The average Bonchev–Trinajstić information content (AvgIpc) is 3.37. The van der Waals surface area contributed by atoms with E-state index >= 15 is 0 Å². The molecule has 8 N–H and O–H groups in total. The number of ether oxygens (including phenoxy) is 2. The molecule has 0 spiro atoms. The van der Waals surface area contributed by atoms with Crippen LogP contribution in [0.4, 0.5) is 0 Å². The fourth-order valence-electron chi connectivity index (χ4n) is 9.51. The Morgan fingerprint density at radius 2 is 0.845 bits per heavy atom. The van der Waals surface area contributed by atoms with Gasteiger partial charge in [-0.25, -0.2) is 0 Å². The van der Waals surface area contributed by atoms with Crippen LogP contribution in [0.1, 0.15) is 271 Å². The van der Waals surface area contributed by atoms with Crippen LogP contribution < -0.4 is 5.32 Å². The standard InChI is InChI=1S/C60H113NO10/c1-3-5-7-9-11-13-15-17-18-19-20-21-22-23-24-25-26-27-28-29-30-31-32-33-34-35-36-38-39-41-43-45-47-52(63)55(65)51(50-70-60-58(68)57(67)56(66)54(49-62)71-60)61-59(69)53(64)48-46-44-42-40-37-16-14-12-10-8-6-4-2/h34-35,37,39-41,51-58,60,62-68H,3-33,36,38,42-50H2,1-2H3,(H,61,69)/b35-34+,40-37-,41-39+. The van der Waals surface area contributed by atoms with Crippen LogP contribution in [0.25, 0.3) is 0 Å². The monoisotopic (exact) mass is 1010 g/mol. The maximum absolute atomic E-state index is 13.1. The quantitative estimate of drug-likeness (QED) is 0.0215. The van der Waals surface area contributed by atoms with Gasteiger partial charge in [0.2, 0.25) is 5.91 Å². The molecule has 71 heavy (non-hydrogen) atoms. The molecule has 1 amide bonds. The summed E-state index contributed by atoms with van der Waals surface area (Å²) in [7, 11) is 0. The van der Waals surface area contributed by atoms with Crippen molar-refractivity contribution in [3.63, 3.8) is 0 Å². The second-order valence-electron chi connectivity index (χ2n) is 21.0. The second kappa shape index (κ2) is 49.2. The molecule has 1 saturated heterocycles. The summed E-state index contributed by atoms with van der Waals surface area (Å²) < 4.78 is 11.1. The lowest BCUT2D eigenvalue weighted by molar-refractivity contribution is -0.303. The second-order valence-corrected chi connectivity index (χ2v) is 21.0. The molecule has 1 aliphatic rings. The minimum absolute atomic E-state index is 0.220. The third kappa shape index (κ3) is 37.7. The van der Waals surface area contributed by atoms with Gasteiger partial charge in [0, 0.05) is 0 Å². The number of hydrogen-bond donors (Lipinski definition) is 8. The van der Waals surface area contributed by atoms with Gasteiger partial charge in [0.1, 0.15) is 36.6 Å². The zero-order valence-electron chi connectivity index (χ0n) is 45.7. The number of aliphatic hydroxyl groups excluding tert-OH is 7. The smallest absolute Gasteiger partial charge is 0.249 e. The van der Waals surface area contributed by atoms with E-state index in [4.69, 9.17) is 9.47 Å². The Labute approximate surface area is 435 Å². The first-order valence-corrected chi connectivity index (χ1v) is 29.9. The van der Waals surface area contributed by atoms with Crippen LogP contribution in [-0.4, -0.2) is 110 Å². The molecule has 0 bridgehead atoms. The van der Waals surface area contributed by atoms with Crippen LogP contribution in [0.3, 0.4) is 0 Å². The molecule has 11 heteroatoms. The average molecular weight is 1010 g/mol. The van der Waals surface area contributed by atoms with E-state index in [2.05, 4.69) is 55.6 Å². The van der Waals surface area contributed by atoms with Gasteiger partial charge < -0.3 is 50.5 Å². The van der Waals surface area contributed by atoms with Crippen LogP contribution in [0.15, 0.2) is 36.5 Å². The van der Waals surface area contributed by atoms with Crippen molar-refractivity contribution >= 4 is 5.91 Å². The summed E-state index contributed by atoms with van der Waals surface area (Å²) in [6.45, 7) is 3.42. The van der Waals surface area contributed by atoms with Crippen LogP contribution in [0.5, 0.6) is 0 Å². The van der Waals surface area contributed by atoms with Crippen LogP contribution in [0, 0.1) is 0 Å². The predicted molar refractivity (Wildman–Crippen MR) is 293 cm³/mol. The number of allylic oxidation sites excluding steroid dienone is 6. The predicted octanol–water partition coefficient (Wildman–Crippen LogP) is 12.7. The number of aliphatic hydroxyl groups is 7. The van der Waals surface area contributed by atoms with Crippen molar-refractivity contribution in [1.82, 2.24) is 5.32 Å². The van der Waals surface area contributed by atoms with Crippen molar-refractivity contribution in [2.24, 2.45) is 0 Å². The van der Waals surface area contributed by atoms with E-state index in [0.29, 0.717) is 19.3 Å². The maximum Gasteiger partial charge on any atom is 0.249 e. The Kier molecular flexibility index (Phi) is 46.7. The molecule has 418 valence electrons.